The molecule has 236 valence electrons. The number of fused-ring (bicyclic) bond motifs is 7. The van der Waals surface area contributed by atoms with E-state index in [9.17, 15) is 0 Å². The normalized spacial score (nSPS) is 27.4. The SMILES string of the molecule is CCCCC(C)C(C)N1c2cnc(-c3ccccc3C)nc2N(C)C1C1=CC2(CC)c3ccccc3N3C=CN(C)C3C12CC. The monoisotopic (exact) mass is 602 g/mol. The Kier molecular flexibility index (Phi) is 7.25. The third kappa shape index (κ3) is 3.93. The lowest BCUT2D eigenvalue weighted by atomic mass is 9.42. The Morgan fingerprint density at radius 1 is 0.911 bits per heavy atom. The van der Waals surface area contributed by atoms with E-state index in [4.69, 9.17) is 9.97 Å². The number of hydrogen-bond acceptors (Lipinski definition) is 6. The van der Waals surface area contributed by atoms with Gasteiger partial charge < -0.3 is 19.6 Å². The third-order valence-electron chi connectivity index (χ3n) is 12.0. The maximum Gasteiger partial charge on any atom is 0.161 e. The van der Waals surface area contributed by atoms with E-state index in [2.05, 4.69) is 148 Å². The number of para-hydroxylation sites is 1. The smallest absolute Gasteiger partial charge is 0.161 e. The number of allylic oxidation sites excluding steroid dienone is 1. The lowest BCUT2D eigenvalue weighted by Gasteiger charge is -2.68. The molecule has 0 fully saturated rings. The summed E-state index contributed by atoms with van der Waals surface area (Å²) in [4.78, 5) is 20.5. The van der Waals surface area contributed by atoms with Crippen molar-refractivity contribution in [2.24, 2.45) is 11.3 Å². The second-order valence-corrected chi connectivity index (χ2v) is 14.0. The zero-order chi connectivity index (χ0) is 31.7. The molecule has 0 amide bonds. The zero-order valence-electron chi connectivity index (χ0n) is 28.5. The molecule has 0 N–H and O–H groups in total. The lowest BCUT2D eigenvalue weighted by molar-refractivity contribution is 0.0366. The molecule has 0 saturated carbocycles. The molecule has 0 radical (unpaired) electrons. The van der Waals surface area contributed by atoms with Gasteiger partial charge in [0.15, 0.2) is 11.6 Å². The van der Waals surface area contributed by atoms with Crippen molar-refractivity contribution in [3.63, 3.8) is 0 Å². The van der Waals surface area contributed by atoms with E-state index < -0.39 is 0 Å². The molecule has 3 aromatic rings. The summed E-state index contributed by atoms with van der Waals surface area (Å²) in [5, 5.41) is 0. The molecule has 6 heteroatoms. The van der Waals surface area contributed by atoms with E-state index in [1.54, 1.807) is 0 Å². The fourth-order valence-electron chi connectivity index (χ4n) is 9.46. The summed E-state index contributed by atoms with van der Waals surface area (Å²) in [6, 6.07) is 17.9. The van der Waals surface area contributed by atoms with Gasteiger partial charge in [0.05, 0.1) is 6.20 Å². The number of aryl methyl sites for hydroxylation is 1. The number of benzene rings is 2. The van der Waals surface area contributed by atoms with Crippen LogP contribution in [0.25, 0.3) is 11.4 Å². The van der Waals surface area contributed by atoms with Crippen LogP contribution in [0.3, 0.4) is 0 Å². The first-order valence-electron chi connectivity index (χ1n) is 17.2. The Morgan fingerprint density at radius 3 is 2.40 bits per heavy atom. The molecule has 6 nitrogen and oxygen atoms in total. The predicted molar refractivity (Wildman–Crippen MR) is 187 cm³/mol. The van der Waals surface area contributed by atoms with Crippen molar-refractivity contribution < 1.29 is 0 Å². The largest absolute Gasteiger partial charge is 0.358 e. The third-order valence-corrected chi connectivity index (χ3v) is 12.0. The van der Waals surface area contributed by atoms with Crippen molar-refractivity contribution in [1.82, 2.24) is 14.9 Å². The second kappa shape index (κ2) is 10.9. The standard InChI is InChI=1S/C39H50N6/c1-9-12-17-26(4)28(6)45-33-25-40-34(29-19-14-13-18-27(29)5)41-35(33)43(8)36(45)31-24-38(10-2)30-20-15-16-21-32(30)44-23-22-42(7)37(44)39(31,38)11-3/h13-16,18-26,28,36-37H,9-12,17H2,1-8H3. The van der Waals surface area contributed by atoms with Crippen molar-refractivity contribution in [2.75, 3.05) is 28.8 Å². The maximum atomic E-state index is 5.33. The minimum atomic E-state index is -0.0772. The van der Waals surface area contributed by atoms with Crippen LogP contribution in [0.1, 0.15) is 77.8 Å². The molecule has 2 aromatic carbocycles. The topological polar surface area (TPSA) is 38.7 Å². The summed E-state index contributed by atoms with van der Waals surface area (Å²) in [6.07, 6.45) is 15.5. The van der Waals surface area contributed by atoms with Gasteiger partial charge in [-0.05, 0) is 61.8 Å². The van der Waals surface area contributed by atoms with Gasteiger partial charge in [-0.2, -0.15) is 0 Å². The Labute approximate surface area is 270 Å². The minimum absolute atomic E-state index is 0.0362. The zero-order valence-corrected chi connectivity index (χ0v) is 28.5. The second-order valence-electron chi connectivity index (χ2n) is 14.0. The molecule has 1 aliphatic carbocycles. The van der Waals surface area contributed by atoms with E-state index in [0.717, 1.165) is 35.7 Å². The van der Waals surface area contributed by atoms with E-state index in [-0.39, 0.29) is 23.2 Å². The highest BCUT2D eigenvalue weighted by atomic mass is 15.5. The molecular weight excluding hydrogens is 552 g/mol. The molecule has 7 rings (SSSR count). The van der Waals surface area contributed by atoms with Crippen LogP contribution >= 0.6 is 0 Å². The molecule has 4 aliphatic rings. The van der Waals surface area contributed by atoms with Gasteiger partial charge in [-0.3, -0.25) is 0 Å². The van der Waals surface area contributed by atoms with E-state index in [0.29, 0.717) is 12.0 Å². The number of rotatable bonds is 9. The van der Waals surface area contributed by atoms with Crippen LogP contribution < -0.4 is 14.7 Å². The first-order valence-corrected chi connectivity index (χ1v) is 17.2. The maximum absolute atomic E-state index is 5.33. The van der Waals surface area contributed by atoms with Crippen LogP contribution in [-0.2, 0) is 5.41 Å². The highest BCUT2D eigenvalue weighted by molar-refractivity contribution is 5.80. The summed E-state index contributed by atoms with van der Waals surface area (Å²) in [7, 11) is 4.53. The van der Waals surface area contributed by atoms with E-state index >= 15 is 0 Å². The van der Waals surface area contributed by atoms with Gasteiger partial charge in [0.2, 0.25) is 0 Å². The summed E-state index contributed by atoms with van der Waals surface area (Å²) in [6.45, 7) is 14.1. The van der Waals surface area contributed by atoms with Gasteiger partial charge in [0, 0.05) is 54.6 Å². The molecule has 45 heavy (non-hydrogen) atoms. The highest BCUT2D eigenvalue weighted by Crippen LogP contribution is 2.70. The van der Waals surface area contributed by atoms with Crippen molar-refractivity contribution in [3.05, 3.63) is 89.9 Å². The van der Waals surface area contributed by atoms with Crippen molar-refractivity contribution in [3.8, 4) is 11.4 Å². The van der Waals surface area contributed by atoms with Crippen molar-refractivity contribution >= 4 is 17.2 Å². The fourth-order valence-corrected chi connectivity index (χ4v) is 9.46. The Balaban J connectivity index is 1.41. The molecule has 1 aromatic heterocycles. The average Bonchev–Trinajstić information content (AvgIpc) is 3.57. The van der Waals surface area contributed by atoms with Crippen LogP contribution in [0.5, 0.6) is 0 Å². The average molecular weight is 603 g/mol. The fraction of sp³-hybridized carbons (Fsp3) is 0.487. The number of anilines is 3. The minimum Gasteiger partial charge on any atom is -0.358 e. The Morgan fingerprint density at radius 2 is 1.67 bits per heavy atom. The molecule has 6 unspecified atom stereocenters. The first-order chi connectivity index (χ1) is 21.8. The molecule has 6 atom stereocenters. The van der Waals surface area contributed by atoms with Gasteiger partial charge in [0.25, 0.3) is 0 Å². The van der Waals surface area contributed by atoms with Crippen molar-refractivity contribution in [1.29, 1.82) is 0 Å². The lowest BCUT2D eigenvalue weighted by Crippen LogP contribution is -2.71. The number of likely N-dealkylation sites (N-methyl/N-ethyl adjacent to an activating group) is 1. The summed E-state index contributed by atoms with van der Waals surface area (Å²) < 4.78 is 0. The first kappa shape index (κ1) is 29.9. The van der Waals surface area contributed by atoms with Crippen LogP contribution in [0.2, 0.25) is 0 Å². The van der Waals surface area contributed by atoms with Crippen LogP contribution in [0, 0.1) is 18.3 Å². The van der Waals surface area contributed by atoms with E-state index in [1.807, 2.05) is 0 Å². The van der Waals surface area contributed by atoms with Crippen LogP contribution in [0.15, 0.2) is 78.8 Å². The van der Waals surface area contributed by atoms with Crippen LogP contribution in [-0.4, -0.2) is 47.3 Å². The molecule has 3 aliphatic heterocycles. The van der Waals surface area contributed by atoms with Gasteiger partial charge >= 0.3 is 0 Å². The number of aromatic nitrogens is 2. The number of unbranched alkanes of at least 4 members (excludes halogenated alkanes) is 1. The number of nitrogens with zero attached hydrogens (tertiary/aromatic N) is 6. The quantitative estimate of drug-likeness (QED) is 0.229. The highest BCUT2D eigenvalue weighted by Gasteiger charge is 2.70. The molecular formula is C39H50N6. The Hall–Kier alpha value is -3.80. The summed E-state index contributed by atoms with van der Waals surface area (Å²) in [5.74, 6) is 2.38. The summed E-state index contributed by atoms with van der Waals surface area (Å²) >= 11 is 0. The molecule has 0 spiro atoms. The van der Waals surface area contributed by atoms with Crippen molar-refractivity contribution in [2.45, 2.75) is 97.4 Å². The van der Waals surface area contributed by atoms with Gasteiger partial charge in [-0.15, -0.1) is 0 Å². The van der Waals surface area contributed by atoms with Gasteiger partial charge in [-0.25, -0.2) is 9.97 Å². The molecule has 0 saturated heterocycles. The summed E-state index contributed by atoms with van der Waals surface area (Å²) in [5.41, 5.74) is 7.68. The van der Waals surface area contributed by atoms with Gasteiger partial charge in [0.1, 0.15) is 18.0 Å². The molecule has 4 heterocycles. The van der Waals surface area contributed by atoms with Gasteiger partial charge in [-0.1, -0.05) is 89.1 Å². The Bertz CT molecular complexity index is 1660. The van der Waals surface area contributed by atoms with Crippen LogP contribution in [0.4, 0.5) is 17.2 Å². The van der Waals surface area contributed by atoms with E-state index in [1.165, 1.54) is 41.6 Å². The predicted octanol–water partition coefficient (Wildman–Crippen LogP) is 8.50. The molecule has 0 bridgehead atoms. The number of hydrogen-bond donors (Lipinski definition) is 0.